The summed E-state index contributed by atoms with van der Waals surface area (Å²) in [6.07, 6.45) is -4.92. The number of amides is 1. The monoisotopic (exact) mass is 423 g/mol. The maximum atomic E-state index is 12.9. The van der Waals surface area contributed by atoms with Gasteiger partial charge in [-0.3, -0.25) is 10.2 Å². The van der Waals surface area contributed by atoms with E-state index in [4.69, 9.17) is 9.47 Å². The van der Waals surface area contributed by atoms with E-state index >= 15 is 0 Å². The first-order valence-corrected chi connectivity index (χ1v) is 9.58. The number of anilines is 2. The standard InChI is InChI=1S/C21H24F3N3O3/c1-29-19-8-3-2-7-18(19)25-20(28)30-14-13-26-9-11-27(12-10-26)17-6-4-5-16(15-17)21(22,23)24/h2-8,15H,9-14H2,1H3,(H,25,28). The molecule has 1 aliphatic heterocycles. The molecule has 0 bridgehead atoms. The third kappa shape index (κ3) is 5.79. The number of alkyl halides is 3. The van der Waals surface area contributed by atoms with Crippen LogP contribution in [0.4, 0.5) is 29.3 Å². The van der Waals surface area contributed by atoms with Gasteiger partial charge in [0.15, 0.2) is 0 Å². The van der Waals surface area contributed by atoms with Gasteiger partial charge >= 0.3 is 12.3 Å². The Morgan fingerprint density at radius 3 is 2.50 bits per heavy atom. The number of nitrogens with one attached hydrogen (secondary N) is 1. The van der Waals surface area contributed by atoms with Crippen molar-refractivity contribution in [1.82, 2.24) is 4.90 Å². The molecular formula is C21H24F3N3O3. The second kappa shape index (κ2) is 9.71. The number of halogens is 3. The van der Waals surface area contributed by atoms with Crippen LogP contribution in [-0.2, 0) is 10.9 Å². The molecule has 0 saturated carbocycles. The molecule has 1 heterocycles. The van der Waals surface area contributed by atoms with E-state index in [-0.39, 0.29) is 6.61 Å². The molecule has 0 aromatic heterocycles. The van der Waals surface area contributed by atoms with Crippen LogP contribution in [0.5, 0.6) is 5.75 Å². The average Bonchev–Trinajstić information content (AvgIpc) is 2.74. The third-order valence-corrected chi connectivity index (χ3v) is 4.90. The molecule has 3 rings (SSSR count). The smallest absolute Gasteiger partial charge is 0.416 e. The van der Waals surface area contributed by atoms with Gasteiger partial charge in [-0.15, -0.1) is 0 Å². The van der Waals surface area contributed by atoms with Crippen LogP contribution in [-0.4, -0.2) is 57.4 Å². The van der Waals surface area contributed by atoms with Crippen molar-refractivity contribution in [3.05, 3.63) is 54.1 Å². The van der Waals surface area contributed by atoms with Crippen molar-refractivity contribution < 1.29 is 27.4 Å². The van der Waals surface area contributed by atoms with E-state index in [9.17, 15) is 18.0 Å². The summed E-state index contributed by atoms with van der Waals surface area (Å²) in [5.74, 6) is 0.542. The maximum Gasteiger partial charge on any atom is 0.416 e. The molecule has 162 valence electrons. The summed E-state index contributed by atoms with van der Waals surface area (Å²) in [4.78, 5) is 16.0. The lowest BCUT2D eigenvalue weighted by Gasteiger charge is -2.36. The second-order valence-electron chi connectivity index (χ2n) is 6.84. The van der Waals surface area contributed by atoms with Crippen LogP contribution in [0.1, 0.15) is 5.56 Å². The van der Waals surface area contributed by atoms with Crippen LogP contribution >= 0.6 is 0 Å². The highest BCUT2D eigenvalue weighted by Gasteiger charge is 2.31. The summed E-state index contributed by atoms with van der Waals surface area (Å²) in [6.45, 7) is 3.32. The molecule has 1 aliphatic rings. The molecule has 6 nitrogen and oxygen atoms in total. The Bertz CT molecular complexity index is 853. The summed E-state index contributed by atoms with van der Waals surface area (Å²) < 4.78 is 49.1. The van der Waals surface area contributed by atoms with Crippen molar-refractivity contribution in [2.24, 2.45) is 0 Å². The normalized spacial score (nSPS) is 15.0. The number of rotatable bonds is 6. The summed E-state index contributed by atoms with van der Waals surface area (Å²) in [7, 11) is 1.52. The lowest BCUT2D eigenvalue weighted by Crippen LogP contribution is -2.47. The molecule has 2 aromatic carbocycles. The quantitative estimate of drug-likeness (QED) is 0.759. The van der Waals surface area contributed by atoms with E-state index in [1.54, 1.807) is 30.3 Å². The first kappa shape index (κ1) is 21.8. The van der Waals surface area contributed by atoms with Crippen molar-refractivity contribution in [2.45, 2.75) is 6.18 Å². The van der Waals surface area contributed by atoms with E-state index in [1.807, 2.05) is 4.90 Å². The minimum absolute atomic E-state index is 0.213. The molecule has 1 fully saturated rings. The Hall–Kier alpha value is -2.94. The minimum atomic E-state index is -4.35. The Labute approximate surface area is 173 Å². The number of hydrogen-bond acceptors (Lipinski definition) is 5. The van der Waals surface area contributed by atoms with Crippen LogP contribution in [0.15, 0.2) is 48.5 Å². The van der Waals surface area contributed by atoms with Gasteiger partial charge in [-0.2, -0.15) is 13.2 Å². The summed E-state index contributed by atoms with van der Waals surface area (Å²) in [6, 6.07) is 12.4. The van der Waals surface area contributed by atoms with Gasteiger partial charge in [0.05, 0.1) is 18.4 Å². The molecule has 2 aromatic rings. The molecule has 9 heteroatoms. The molecular weight excluding hydrogens is 399 g/mol. The van der Waals surface area contributed by atoms with E-state index < -0.39 is 17.8 Å². The van der Waals surface area contributed by atoms with Gasteiger partial charge in [0, 0.05) is 38.4 Å². The van der Waals surface area contributed by atoms with Gasteiger partial charge in [0.25, 0.3) is 0 Å². The number of hydrogen-bond donors (Lipinski definition) is 1. The molecule has 1 amide bonds. The van der Waals surface area contributed by atoms with Gasteiger partial charge in [-0.1, -0.05) is 18.2 Å². The van der Waals surface area contributed by atoms with Gasteiger partial charge in [0.2, 0.25) is 0 Å². The van der Waals surface area contributed by atoms with Gasteiger partial charge < -0.3 is 14.4 Å². The number of piperazine rings is 1. The Morgan fingerprint density at radius 1 is 1.07 bits per heavy atom. The number of carbonyl (C=O) groups excluding carboxylic acids is 1. The SMILES string of the molecule is COc1ccccc1NC(=O)OCCN1CCN(c2cccc(C(F)(F)F)c2)CC1. The van der Waals surface area contributed by atoms with E-state index in [2.05, 4.69) is 10.2 Å². The van der Waals surface area contributed by atoms with Crippen LogP contribution in [0.2, 0.25) is 0 Å². The summed E-state index contributed by atoms with van der Waals surface area (Å²) in [5, 5.41) is 2.64. The first-order valence-electron chi connectivity index (χ1n) is 9.58. The molecule has 0 aliphatic carbocycles. The molecule has 0 spiro atoms. The number of ether oxygens (including phenoxy) is 2. The fourth-order valence-corrected chi connectivity index (χ4v) is 3.27. The highest BCUT2D eigenvalue weighted by atomic mass is 19.4. The predicted molar refractivity (Wildman–Crippen MR) is 108 cm³/mol. The number of carbonyl (C=O) groups is 1. The molecule has 0 unspecified atom stereocenters. The van der Waals surface area contributed by atoms with Crippen LogP contribution < -0.4 is 15.0 Å². The van der Waals surface area contributed by atoms with Crippen LogP contribution in [0, 0.1) is 0 Å². The van der Waals surface area contributed by atoms with E-state index in [0.29, 0.717) is 49.8 Å². The lowest BCUT2D eigenvalue weighted by molar-refractivity contribution is -0.137. The highest BCUT2D eigenvalue weighted by molar-refractivity contribution is 5.86. The Kier molecular flexibility index (Phi) is 7.04. The van der Waals surface area contributed by atoms with E-state index in [0.717, 1.165) is 6.07 Å². The van der Waals surface area contributed by atoms with Crippen LogP contribution in [0.25, 0.3) is 0 Å². The average molecular weight is 423 g/mol. The second-order valence-corrected chi connectivity index (χ2v) is 6.84. The zero-order valence-electron chi connectivity index (χ0n) is 16.6. The third-order valence-electron chi connectivity index (χ3n) is 4.90. The molecule has 30 heavy (non-hydrogen) atoms. The molecule has 0 radical (unpaired) electrons. The minimum Gasteiger partial charge on any atom is -0.495 e. The molecule has 1 N–H and O–H groups in total. The summed E-state index contributed by atoms with van der Waals surface area (Å²) in [5.41, 5.74) is 0.452. The Balaban J connectivity index is 1.42. The largest absolute Gasteiger partial charge is 0.495 e. The van der Waals surface area contributed by atoms with Gasteiger partial charge in [0.1, 0.15) is 12.4 Å². The van der Waals surface area contributed by atoms with Crippen molar-refractivity contribution in [3.8, 4) is 5.75 Å². The fraction of sp³-hybridized carbons (Fsp3) is 0.381. The van der Waals surface area contributed by atoms with Crippen LogP contribution in [0.3, 0.4) is 0 Å². The lowest BCUT2D eigenvalue weighted by atomic mass is 10.1. The number of benzene rings is 2. The number of methoxy groups -OCH3 is 1. The zero-order chi connectivity index (χ0) is 21.6. The molecule has 1 saturated heterocycles. The van der Waals surface area contributed by atoms with E-state index in [1.165, 1.54) is 19.2 Å². The summed E-state index contributed by atoms with van der Waals surface area (Å²) >= 11 is 0. The first-order chi connectivity index (χ1) is 14.4. The van der Waals surface area contributed by atoms with Crippen molar-refractivity contribution >= 4 is 17.5 Å². The Morgan fingerprint density at radius 2 is 1.80 bits per heavy atom. The molecule has 0 atom stereocenters. The van der Waals surface area contributed by atoms with Gasteiger partial charge in [-0.05, 0) is 30.3 Å². The van der Waals surface area contributed by atoms with Crippen molar-refractivity contribution in [1.29, 1.82) is 0 Å². The highest BCUT2D eigenvalue weighted by Crippen LogP contribution is 2.31. The number of para-hydroxylation sites is 2. The fourth-order valence-electron chi connectivity index (χ4n) is 3.27. The topological polar surface area (TPSA) is 54.0 Å². The number of nitrogens with zero attached hydrogens (tertiary/aromatic N) is 2. The van der Waals surface area contributed by atoms with Crippen molar-refractivity contribution in [3.63, 3.8) is 0 Å². The predicted octanol–water partition coefficient (Wildman–Crippen LogP) is 4.08. The maximum absolute atomic E-state index is 12.9. The van der Waals surface area contributed by atoms with Crippen molar-refractivity contribution in [2.75, 3.05) is 56.7 Å². The zero-order valence-corrected chi connectivity index (χ0v) is 16.6. The van der Waals surface area contributed by atoms with Gasteiger partial charge in [-0.25, -0.2) is 4.79 Å².